The highest BCUT2D eigenvalue weighted by molar-refractivity contribution is 5.80. The van der Waals surface area contributed by atoms with Gasteiger partial charge in [0, 0.05) is 5.54 Å². The highest BCUT2D eigenvalue weighted by Crippen LogP contribution is 2.22. The number of carbonyl (C=O) groups excluding carboxylic acids is 1. The van der Waals surface area contributed by atoms with Gasteiger partial charge in [0.1, 0.15) is 6.10 Å². The Morgan fingerprint density at radius 1 is 1.29 bits per heavy atom. The molecule has 100 valence electrons. The molecule has 0 bridgehead atoms. The molecule has 17 heavy (non-hydrogen) atoms. The molecular weight excluding hydrogens is 218 g/mol. The molecule has 1 aliphatic rings. The van der Waals surface area contributed by atoms with E-state index < -0.39 is 6.10 Å². The molecule has 4 heteroatoms. The van der Waals surface area contributed by atoms with Crippen LogP contribution in [0.4, 0.5) is 0 Å². The molecule has 0 saturated heterocycles. The van der Waals surface area contributed by atoms with Crippen molar-refractivity contribution in [1.29, 1.82) is 0 Å². The van der Waals surface area contributed by atoms with Gasteiger partial charge in [-0.3, -0.25) is 4.79 Å². The van der Waals surface area contributed by atoms with Gasteiger partial charge in [0.15, 0.2) is 0 Å². The molecule has 1 aliphatic carbocycles. The minimum absolute atomic E-state index is 0.0661. The average Bonchev–Trinajstić information content (AvgIpc) is 2.19. The van der Waals surface area contributed by atoms with E-state index in [0.717, 1.165) is 25.7 Å². The van der Waals surface area contributed by atoms with Gasteiger partial charge in [0.25, 0.3) is 0 Å². The molecule has 0 aromatic rings. The van der Waals surface area contributed by atoms with Crippen LogP contribution in [-0.2, 0) is 9.53 Å². The third kappa shape index (κ3) is 5.50. The molecule has 0 spiro atoms. The minimum Gasteiger partial charge on any atom is -0.393 e. The molecule has 1 amide bonds. The monoisotopic (exact) mass is 243 g/mol. The van der Waals surface area contributed by atoms with Gasteiger partial charge in [0.2, 0.25) is 5.91 Å². The Balaban J connectivity index is 2.33. The van der Waals surface area contributed by atoms with E-state index in [2.05, 4.69) is 5.32 Å². The lowest BCUT2D eigenvalue weighted by molar-refractivity contribution is -0.138. The molecule has 0 heterocycles. The summed E-state index contributed by atoms with van der Waals surface area (Å²) in [6.07, 6.45) is 2.74. The fraction of sp³-hybridized carbons (Fsp3) is 0.923. The summed E-state index contributed by atoms with van der Waals surface area (Å²) in [4.78, 5) is 11.8. The summed E-state index contributed by atoms with van der Waals surface area (Å²) in [5, 5.41) is 12.3. The second-order valence-electron chi connectivity index (χ2n) is 5.95. The first-order chi connectivity index (χ1) is 7.78. The number of aliphatic hydroxyl groups is 1. The fourth-order valence-electron chi connectivity index (χ4n) is 2.00. The molecular formula is C13H25NO3. The average molecular weight is 243 g/mol. The van der Waals surface area contributed by atoms with Crippen LogP contribution in [0.3, 0.4) is 0 Å². The molecule has 2 N–H and O–H groups in total. The van der Waals surface area contributed by atoms with E-state index in [1.165, 1.54) is 0 Å². The van der Waals surface area contributed by atoms with Crippen LogP contribution in [-0.4, -0.2) is 34.9 Å². The largest absolute Gasteiger partial charge is 0.393 e. The van der Waals surface area contributed by atoms with Gasteiger partial charge < -0.3 is 15.2 Å². The Hall–Kier alpha value is -0.610. The van der Waals surface area contributed by atoms with Crippen molar-refractivity contribution in [3.8, 4) is 0 Å². The topological polar surface area (TPSA) is 58.6 Å². The summed E-state index contributed by atoms with van der Waals surface area (Å²) < 4.78 is 5.72. The molecule has 1 unspecified atom stereocenters. The number of nitrogens with one attached hydrogen (secondary N) is 1. The van der Waals surface area contributed by atoms with Crippen LogP contribution < -0.4 is 5.32 Å². The normalized spacial score (nSPS) is 27.6. The van der Waals surface area contributed by atoms with E-state index in [1.807, 2.05) is 20.8 Å². The maximum Gasteiger partial charge on any atom is 0.249 e. The quantitative estimate of drug-likeness (QED) is 0.791. The number of carbonyl (C=O) groups is 1. The van der Waals surface area contributed by atoms with E-state index in [1.54, 1.807) is 6.92 Å². The Morgan fingerprint density at radius 3 is 2.29 bits per heavy atom. The molecule has 0 radical (unpaired) electrons. The van der Waals surface area contributed by atoms with Crippen LogP contribution in [0.25, 0.3) is 0 Å². The van der Waals surface area contributed by atoms with E-state index in [-0.39, 0.29) is 23.7 Å². The molecule has 1 fully saturated rings. The zero-order valence-corrected chi connectivity index (χ0v) is 11.3. The standard InChI is InChI=1S/C13H25NO3/c1-9(12(16)14-13(2,3)4)17-11-7-5-10(15)6-8-11/h9-11,15H,5-8H2,1-4H3,(H,14,16). The second kappa shape index (κ2) is 5.83. The Bertz CT molecular complexity index is 252. The summed E-state index contributed by atoms with van der Waals surface area (Å²) in [7, 11) is 0. The minimum atomic E-state index is -0.422. The van der Waals surface area contributed by atoms with Crippen LogP contribution in [0.2, 0.25) is 0 Å². The zero-order valence-electron chi connectivity index (χ0n) is 11.3. The van der Waals surface area contributed by atoms with Crippen molar-refractivity contribution in [2.45, 2.75) is 77.2 Å². The van der Waals surface area contributed by atoms with Crippen molar-refractivity contribution in [3.05, 3.63) is 0 Å². The van der Waals surface area contributed by atoms with Crippen molar-refractivity contribution < 1.29 is 14.6 Å². The first-order valence-corrected chi connectivity index (χ1v) is 6.43. The molecule has 0 aliphatic heterocycles. The highest BCUT2D eigenvalue weighted by atomic mass is 16.5. The first-order valence-electron chi connectivity index (χ1n) is 6.43. The maximum absolute atomic E-state index is 11.8. The van der Waals surface area contributed by atoms with Gasteiger partial charge in [-0.05, 0) is 53.4 Å². The van der Waals surface area contributed by atoms with Crippen LogP contribution >= 0.6 is 0 Å². The van der Waals surface area contributed by atoms with Crippen molar-refractivity contribution in [3.63, 3.8) is 0 Å². The number of amides is 1. The van der Waals surface area contributed by atoms with Crippen LogP contribution in [0.15, 0.2) is 0 Å². The number of aliphatic hydroxyl groups excluding tert-OH is 1. The lowest BCUT2D eigenvalue weighted by Gasteiger charge is -2.29. The summed E-state index contributed by atoms with van der Waals surface area (Å²) in [5.74, 6) is -0.0661. The molecule has 1 saturated carbocycles. The summed E-state index contributed by atoms with van der Waals surface area (Å²) in [6, 6.07) is 0. The van der Waals surface area contributed by atoms with Crippen molar-refractivity contribution in [2.24, 2.45) is 0 Å². The molecule has 4 nitrogen and oxygen atoms in total. The third-order valence-electron chi connectivity index (χ3n) is 2.91. The number of rotatable bonds is 3. The van der Waals surface area contributed by atoms with Crippen molar-refractivity contribution in [1.82, 2.24) is 5.32 Å². The van der Waals surface area contributed by atoms with E-state index >= 15 is 0 Å². The first kappa shape index (κ1) is 14.5. The Morgan fingerprint density at radius 2 is 1.82 bits per heavy atom. The van der Waals surface area contributed by atoms with Crippen LogP contribution in [0.1, 0.15) is 53.4 Å². The van der Waals surface area contributed by atoms with Gasteiger partial charge >= 0.3 is 0 Å². The lowest BCUT2D eigenvalue weighted by Crippen LogP contribution is -2.46. The van der Waals surface area contributed by atoms with E-state index in [4.69, 9.17) is 4.74 Å². The van der Waals surface area contributed by atoms with Gasteiger partial charge in [-0.2, -0.15) is 0 Å². The Kier molecular flexibility index (Phi) is 4.95. The summed E-state index contributed by atoms with van der Waals surface area (Å²) in [6.45, 7) is 7.64. The predicted molar refractivity (Wildman–Crippen MR) is 66.7 cm³/mol. The number of hydrogen-bond acceptors (Lipinski definition) is 3. The number of ether oxygens (including phenoxy) is 1. The van der Waals surface area contributed by atoms with E-state index in [9.17, 15) is 9.90 Å². The third-order valence-corrected chi connectivity index (χ3v) is 2.91. The predicted octanol–water partition coefficient (Wildman–Crippen LogP) is 1.61. The molecule has 0 aromatic heterocycles. The van der Waals surface area contributed by atoms with Gasteiger partial charge in [-0.25, -0.2) is 0 Å². The maximum atomic E-state index is 11.8. The van der Waals surface area contributed by atoms with Crippen molar-refractivity contribution in [2.75, 3.05) is 0 Å². The summed E-state index contributed by atoms with van der Waals surface area (Å²) in [5.41, 5.74) is -0.225. The fourth-order valence-corrected chi connectivity index (χ4v) is 2.00. The van der Waals surface area contributed by atoms with E-state index in [0.29, 0.717) is 0 Å². The number of hydrogen-bond donors (Lipinski definition) is 2. The van der Waals surface area contributed by atoms with Gasteiger partial charge in [0.05, 0.1) is 12.2 Å². The summed E-state index contributed by atoms with van der Waals surface area (Å²) >= 11 is 0. The zero-order chi connectivity index (χ0) is 13.1. The van der Waals surface area contributed by atoms with Crippen LogP contribution in [0.5, 0.6) is 0 Å². The SMILES string of the molecule is CC(OC1CCC(O)CC1)C(=O)NC(C)(C)C. The van der Waals surface area contributed by atoms with Crippen LogP contribution in [0, 0.1) is 0 Å². The van der Waals surface area contributed by atoms with Gasteiger partial charge in [-0.1, -0.05) is 0 Å². The second-order valence-corrected chi connectivity index (χ2v) is 5.95. The van der Waals surface area contributed by atoms with Gasteiger partial charge in [-0.15, -0.1) is 0 Å². The van der Waals surface area contributed by atoms with Crippen molar-refractivity contribution >= 4 is 5.91 Å². The lowest BCUT2D eigenvalue weighted by atomic mass is 9.95. The highest BCUT2D eigenvalue weighted by Gasteiger charge is 2.25. The Labute approximate surface area is 104 Å². The molecule has 1 rings (SSSR count). The molecule has 1 atom stereocenters. The smallest absolute Gasteiger partial charge is 0.249 e. The molecule has 0 aromatic carbocycles.